The smallest absolute Gasteiger partial charge is 0.246 e. The van der Waals surface area contributed by atoms with Crippen molar-refractivity contribution in [3.8, 4) is 39.5 Å². The highest BCUT2D eigenvalue weighted by atomic mass is 32.1. The van der Waals surface area contributed by atoms with E-state index in [2.05, 4.69) is 11.7 Å². The number of hydrogen-bond donors (Lipinski definition) is 0. The van der Waals surface area contributed by atoms with Crippen molar-refractivity contribution in [2.45, 2.75) is 19.5 Å². The number of hydrogen-bond acceptors (Lipinski definition) is 7. The lowest BCUT2D eigenvalue weighted by molar-refractivity contribution is -0.129. The predicted molar refractivity (Wildman–Crippen MR) is 174 cm³/mol. The van der Waals surface area contributed by atoms with Gasteiger partial charge in [-0.2, -0.15) is 10.2 Å². The van der Waals surface area contributed by atoms with Gasteiger partial charge in [0.2, 0.25) is 5.91 Å². The fraction of sp³-hybridized carbons (Fsp3) is 0.235. The number of aromatic nitrogens is 5. The van der Waals surface area contributed by atoms with Gasteiger partial charge >= 0.3 is 0 Å². The number of fused-ring (bicyclic) bond motifs is 3. The monoisotopic (exact) mass is 658 g/mol. The maximum Gasteiger partial charge on any atom is 0.246 e. The summed E-state index contributed by atoms with van der Waals surface area (Å²) in [6, 6.07) is 8.28. The number of methoxy groups -OCH3 is 1. The van der Waals surface area contributed by atoms with Gasteiger partial charge < -0.3 is 14.4 Å². The second-order valence-electron chi connectivity index (χ2n) is 11.2. The third-order valence-corrected chi connectivity index (χ3v) is 9.40. The van der Waals surface area contributed by atoms with E-state index in [0.717, 1.165) is 23.2 Å². The number of amides is 1. The lowest BCUT2D eigenvalue weighted by atomic mass is 9.96. The van der Waals surface area contributed by atoms with Crippen molar-refractivity contribution in [1.82, 2.24) is 29.4 Å². The van der Waals surface area contributed by atoms with Crippen molar-refractivity contribution < 1.29 is 27.4 Å². The summed E-state index contributed by atoms with van der Waals surface area (Å²) >= 11 is 1.31. The first-order chi connectivity index (χ1) is 22.7. The van der Waals surface area contributed by atoms with Crippen molar-refractivity contribution >= 4 is 38.2 Å². The number of nitrogens with zero attached hydrogens (tertiary/aromatic N) is 6. The van der Waals surface area contributed by atoms with Crippen molar-refractivity contribution in [1.29, 1.82) is 0 Å². The van der Waals surface area contributed by atoms with Crippen LogP contribution in [0.2, 0.25) is 0 Å². The molecule has 1 aliphatic rings. The van der Waals surface area contributed by atoms with E-state index in [9.17, 15) is 9.18 Å². The molecular weight excluding hydrogens is 629 g/mol. The van der Waals surface area contributed by atoms with Crippen LogP contribution in [0.1, 0.15) is 18.7 Å². The molecule has 0 aliphatic carbocycles. The first-order valence-electron chi connectivity index (χ1n) is 14.8. The van der Waals surface area contributed by atoms with Crippen molar-refractivity contribution in [2.75, 3.05) is 26.9 Å². The molecule has 5 heterocycles. The molecule has 13 heteroatoms. The second-order valence-corrected chi connectivity index (χ2v) is 12.1. The van der Waals surface area contributed by atoms with Crippen LogP contribution in [-0.2, 0) is 23.1 Å². The van der Waals surface area contributed by atoms with Gasteiger partial charge in [-0.1, -0.05) is 6.58 Å². The minimum absolute atomic E-state index is 0.00494. The Kier molecular flexibility index (Phi) is 7.80. The third kappa shape index (κ3) is 5.15. The summed E-state index contributed by atoms with van der Waals surface area (Å²) in [5.41, 5.74) is 2.86. The summed E-state index contributed by atoms with van der Waals surface area (Å²) in [5, 5.41) is 12.2. The minimum Gasteiger partial charge on any atom is -0.490 e. The molecule has 0 saturated heterocycles. The Morgan fingerprint density at radius 1 is 1.09 bits per heavy atom. The molecule has 0 saturated carbocycles. The molecule has 0 radical (unpaired) electrons. The summed E-state index contributed by atoms with van der Waals surface area (Å²) in [6.45, 7) is 6.57. The van der Waals surface area contributed by atoms with E-state index < -0.39 is 17.5 Å². The van der Waals surface area contributed by atoms with Crippen LogP contribution < -0.4 is 4.74 Å². The molecule has 0 bridgehead atoms. The van der Waals surface area contributed by atoms with Crippen LogP contribution in [0.3, 0.4) is 0 Å². The first-order valence-corrected chi connectivity index (χ1v) is 15.7. The average molecular weight is 659 g/mol. The van der Waals surface area contributed by atoms with Crippen LogP contribution in [0.25, 0.3) is 54.8 Å². The normalized spacial score (nSPS) is 14.6. The van der Waals surface area contributed by atoms with Crippen LogP contribution in [0, 0.1) is 17.5 Å². The van der Waals surface area contributed by atoms with Gasteiger partial charge in [0.15, 0.2) is 0 Å². The molecule has 0 N–H and O–H groups in total. The van der Waals surface area contributed by atoms with Crippen LogP contribution in [-0.4, -0.2) is 62.2 Å². The average Bonchev–Trinajstić information content (AvgIpc) is 3.80. The largest absolute Gasteiger partial charge is 0.490 e. The predicted octanol–water partition coefficient (Wildman–Crippen LogP) is 6.91. The first kappa shape index (κ1) is 30.6. The van der Waals surface area contributed by atoms with Crippen LogP contribution in [0.15, 0.2) is 60.6 Å². The number of benzene rings is 2. The SMILES string of the molecule is C=CC(=O)N1CCn2nc(-c3nc(-c4cc5cnn(C)c5cc4F)c4ccsc4c3-c3c(F)cc(F)cc3OCCOC)cc2[C@H]1C. The van der Waals surface area contributed by atoms with Gasteiger partial charge in [-0.05, 0) is 36.6 Å². The van der Waals surface area contributed by atoms with E-state index in [0.29, 0.717) is 45.6 Å². The maximum atomic E-state index is 16.0. The summed E-state index contributed by atoms with van der Waals surface area (Å²) in [5.74, 6) is -2.41. The van der Waals surface area contributed by atoms with Crippen LogP contribution >= 0.6 is 11.3 Å². The Morgan fingerprint density at radius 3 is 2.70 bits per heavy atom. The minimum atomic E-state index is -0.856. The molecule has 0 spiro atoms. The van der Waals surface area contributed by atoms with E-state index in [1.54, 1.807) is 45.7 Å². The third-order valence-electron chi connectivity index (χ3n) is 8.47. The number of carbonyl (C=O) groups is 1. The summed E-state index contributed by atoms with van der Waals surface area (Å²) in [6.07, 6.45) is 2.92. The standard InChI is InChI=1S/C34H29F3N6O3S/c1-5-29(44)42-7-8-43-26(18(42)2)16-25(40-43)33-31(30-24(37)13-20(35)14-28(30)46-10-9-45-4)34-21(6-11-47-34)32(39-33)22-12-19-17-38-41(3)27(19)15-23(22)36/h5-6,11-18H,1,7-10H2,2-4H3/t18-/m1/s1. The van der Waals surface area contributed by atoms with Crippen molar-refractivity contribution in [3.63, 3.8) is 0 Å². The highest BCUT2D eigenvalue weighted by Crippen LogP contribution is 2.48. The van der Waals surface area contributed by atoms with E-state index in [1.165, 1.54) is 30.6 Å². The number of halogens is 3. The van der Waals surface area contributed by atoms with Gasteiger partial charge in [0.25, 0.3) is 0 Å². The van der Waals surface area contributed by atoms with Gasteiger partial charge in [-0.25, -0.2) is 18.2 Å². The number of rotatable bonds is 8. The molecule has 47 heavy (non-hydrogen) atoms. The van der Waals surface area contributed by atoms with Gasteiger partial charge in [0.1, 0.15) is 41.2 Å². The van der Waals surface area contributed by atoms with Gasteiger partial charge in [0, 0.05) is 65.5 Å². The Balaban J connectivity index is 1.52. The van der Waals surface area contributed by atoms with Crippen molar-refractivity contribution in [3.05, 3.63) is 83.8 Å². The molecule has 6 aromatic rings. The summed E-state index contributed by atoms with van der Waals surface area (Å²) in [7, 11) is 3.23. The van der Waals surface area contributed by atoms with Crippen LogP contribution in [0.5, 0.6) is 5.75 Å². The number of carbonyl (C=O) groups excluding carboxylic acids is 1. The maximum absolute atomic E-state index is 16.0. The van der Waals surface area contributed by atoms with E-state index in [1.807, 2.05) is 12.3 Å². The second kappa shape index (κ2) is 12.0. The zero-order valence-electron chi connectivity index (χ0n) is 25.8. The fourth-order valence-electron chi connectivity index (χ4n) is 6.18. The molecule has 240 valence electrons. The van der Waals surface area contributed by atoms with E-state index in [-0.39, 0.29) is 47.7 Å². The number of pyridine rings is 1. The highest BCUT2D eigenvalue weighted by molar-refractivity contribution is 7.18. The molecular formula is C34H29F3N6O3S. The number of ether oxygens (including phenoxy) is 2. The summed E-state index contributed by atoms with van der Waals surface area (Å²) < 4.78 is 61.5. The Bertz CT molecular complexity index is 2210. The topological polar surface area (TPSA) is 87.3 Å². The van der Waals surface area contributed by atoms with E-state index in [4.69, 9.17) is 19.6 Å². The molecule has 1 atom stereocenters. The lowest BCUT2D eigenvalue weighted by Crippen LogP contribution is -2.40. The quantitative estimate of drug-likeness (QED) is 0.131. The molecule has 2 aromatic carbocycles. The van der Waals surface area contributed by atoms with Gasteiger partial charge in [-0.3, -0.25) is 14.2 Å². The Labute approximate surface area is 271 Å². The number of thiophene rings is 1. The van der Waals surface area contributed by atoms with Crippen molar-refractivity contribution in [2.24, 2.45) is 7.05 Å². The molecule has 1 amide bonds. The molecule has 4 aromatic heterocycles. The highest BCUT2D eigenvalue weighted by Gasteiger charge is 2.31. The fourth-order valence-corrected chi connectivity index (χ4v) is 7.13. The molecule has 0 unspecified atom stereocenters. The Hall–Kier alpha value is -5.01. The molecule has 1 aliphatic heterocycles. The summed E-state index contributed by atoms with van der Waals surface area (Å²) in [4.78, 5) is 19.3. The molecule has 0 fully saturated rings. The molecule has 7 rings (SSSR count). The van der Waals surface area contributed by atoms with Gasteiger partial charge in [-0.15, -0.1) is 11.3 Å². The number of aryl methyl sites for hydroxylation is 1. The van der Waals surface area contributed by atoms with E-state index >= 15 is 8.78 Å². The zero-order chi connectivity index (χ0) is 33.0. The van der Waals surface area contributed by atoms with Gasteiger partial charge in [0.05, 0.1) is 47.9 Å². The van der Waals surface area contributed by atoms with Crippen LogP contribution in [0.4, 0.5) is 13.2 Å². The zero-order valence-corrected chi connectivity index (χ0v) is 26.6. The Morgan fingerprint density at radius 2 is 1.91 bits per heavy atom. The lowest BCUT2D eigenvalue weighted by Gasteiger charge is -2.33. The molecule has 9 nitrogen and oxygen atoms in total.